The average molecular weight is 343 g/mol. The minimum atomic E-state index is -1.83. The summed E-state index contributed by atoms with van der Waals surface area (Å²) in [4.78, 5) is 0. The summed E-state index contributed by atoms with van der Waals surface area (Å²) in [6.45, 7) is 13.8. The van der Waals surface area contributed by atoms with Crippen LogP contribution < -0.4 is 4.43 Å². The van der Waals surface area contributed by atoms with Crippen LogP contribution in [0.5, 0.6) is 5.75 Å². The molecule has 132 valence electrons. The van der Waals surface area contributed by atoms with Gasteiger partial charge in [-0.3, -0.25) is 0 Å². The largest absolute Gasteiger partial charge is 0.543 e. The summed E-state index contributed by atoms with van der Waals surface area (Å²) in [6, 6.07) is 13.3. The van der Waals surface area contributed by atoms with E-state index in [-0.39, 0.29) is 5.04 Å². The smallest absolute Gasteiger partial charge is 0.250 e. The first-order valence-electron chi connectivity index (χ1n) is 9.45. The van der Waals surface area contributed by atoms with E-state index in [9.17, 15) is 0 Å². The Labute approximate surface area is 149 Å². The maximum atomic E-state index is 6.69. The minimum absolute atomic E-state index is 0.214. The first-order chi connectivity index (χ1) is 11.2. The molecule has 0 atom stereocenters. The Bertz CT molecular complexity index is 667. The zero-order valence-corrected chi connectivity index (χ0v) is 17.4. The summed E-state index contributed by atoms with van der Waals surface area (Å²) in [5.74, 6) is 1.09. The lowest BCUT2D eigenvalue weighted by Crippen LogP contribution is -2.43. The highest BCUT2D eigenvalue weighted by Gasteiger charge is 2.39. The van der Waals surface area contributed by atoms with Gasteiger partial charge in [0.1, 0.15) is 5.75 Å². The molecule has 0 spiro atoms. The van der Waals surface area contributed by atoms with Crippen molar-refractivity contribution in [2.24, 2.45) is 0 Å². The second-order valence-electron chi connectivity index (χ2n) is 8.49. The molecule has 2 heteroatoms. The van der Waals surface area contributed by atoms with E-state index in [1.165, 1.54) is 42.0 Å². The molecule has 0 aliphatic rings. The van der Waals surface area contributed by atoms with E-state index in [4.69, 9.17) is 4.43 Å². The van der Waals surface area contributed by atoms with Gasteiger partial charge in [0, 0.05) is 5.39 Å². The highest BCUT2D eigenvalue weighted by molar-refractivity contribution is 6.74. The maximum absolute atomic E-state index is 6.69. The molecule has 24 heavy (non-hydrogen) atoms. The van der Waals surface area contributed by atoms with Crippen molar-refractivity contribution < 1.29 is 4.43 Å². The van der Waals surface area contributed by atoms with Crippen LogP contribution in [0.1, 0.15) is 58.9 Å². The van der Waals surface area contributed by atoms with Crippen LogP contribution in [0.3, 0.4) is 0 Å². The summed E-state index contributed by atoms with van der Waals surface area (Å²) in [5, 5.41) is 2.77. The fraction of sp³-hybridized carbons (Fsp3) is 0.545. The lowest BCUT2D eigenvalue weighted by Gasteiger charge is -2.37. The molecular formula is C22H34OSi. The van der Waals surface area contributed by atoms with E-state index in [0.29, 0.717) is 0 Å². The van der Waals surface area contributed by atoms with Crippen molar-refractivity contribution in [3.8, 4) is 5.75 Å². The van der Waals surface area contributed by atoms with Crippen molar-refractivity contribution in [2.45, 2.75) is 77.9 Å². The third-order valence-electron chi connectivity index (χ3n) is 5.37. The molecule has 2 aromatic rings. The van der Waals surface area contributed by atoms with Gasteiger partial charge in [-0.05, 0) is 48.0 Å². The molecule has 0 aromatic heterocycles. The van der Waals surface area contributed by atoms with Crippen molar-refractivity contribution in [1.29, 1.82) is 0 Å². The Hall–Kier alpha value is -1.28. The second-order valence-corrected chi connectivity index (χ2v) is 13.2. The third-order valence-corrected chi connectivity index (χ3v) is 9.72. The number of benzene rings is 2. The summed E-state index contributed by atoms with van der Waals surface area (Å²) in [5.41, 5.74) is 1.42. The van der Waals surface area contributed by atoms with Gasteiger partial charge in [0.2, 0.25) is 0 Å². The molecule has 0 amide bonds. The lowest BCUT2D eigenvalue weighted by molar-refractivity contribution is 0.496. The first-order valence-corrected chi connectivity index (χ1v) is 12.4. The van der Waals surface area contributed by atoms with Gasteiger partial charge >= 0.3 is 0 Å². The van der Waals surface area contributed by atoms with E-state index in [0.717, 1.165) is 12.2 Å². The van der Waals surface area contributed by atoms with E-state index in [1.807, 2.05) is 0 Å². The molecule has 0 aliphatic heterocycles. The molecule has 0 unspecified atom stereocenters. The maximum Gasteiger partial charge on any atom is 0.250 e. The van der Waals surface area contributed by atoms with Crippen LogP contribution in [0.25, 0.3) is 10.8 Å². The molecule has 0 N–H and O–H groups in total. The van der Waals surface area contributed by atoms with Gasteiger partial charge < -0.3 is 4.43 Å². The highest BCUT2D eigenvalue weighted by Crippen LogP contribution is 2.39. The molecule has 0 saturated heterocycles. The van der Waals surface area contributed by atoms with Crippen LogP contribution in [0, 0.1) is 0 Å². The van der Waals surface area contributed by atoms with Gasteiger partial charge in [-0.1, -0.05) is 77.3 Å². The molecule has 0 radical (unpaired) electrons. The normalized spacial score (nSPS) is 12.6. The minimum Gasteiger partial charge on any atom is -0.543 e. The van der Waals surface area contributed by atoms with Gasteiger partial charge in [0.05, 0.1) is 0 Å². The standard InChI is InChI=1S/C22H34OSi/c1-7-8-9-10-13-18-16-19-14-11-12-15-20(19)21(17-18)23-24(5,6)22(2,3)4/h11-12,14-17H,7-10,13H2,1-6H3. The number of hydrogen-bond acceptors (Lipinski definition) is 1. The second kappa shape index (κ2) is 7.73. The fourth-order valence-electron chi connectivity index (χ4n) is 2.75. The summed E-state index contributed by atoms with van der Waals surface area (Å²) in [7, 11) is -1.83. The molecule has 0 saturated carbocycles. The monoisotopic (exact) mass is 342 g/mol. The fourth-order valence-corrected chi connectivity index (χ4v) is 3.77. The SMILES string of the molecule is CCCCCCc1cc(O[Si](C)(C)C(C)(C)C)c2ccccc2c1. The van der Waals surface area contributed by atoms with E-state index in [2.05, 4.69) is 77.2 Å². The number of fused-ring (bicyclic) bond motifs is 1. The molecule has 2 rings (SSSR count). The molecule has 0 heterocycles. The summed E-state index contributed by atoms with van der Waals surface area (Å²) >= 11 is 0. The molecule has 2 aromatic carbocycles. The molecule has 0 aliphatic carbocycles. The van der Waals surface area contributed by atoms with Gasteiger partial charge in [-0.15, -0.1) is 0 Å². The van der Waals surface area contributed by atoms with E-state index < -0.39 is 8.32 Å². The number of unbranched alkanes of at least 4 members (excludes halogenated alkanes) is 3. The highest BCUT2D eigenvalue weighted by atomic mass is 28.4. The van der Waals surface area contributed by atoms with E-state index >= 15 is 0 Å². The first kappa shape index (κ1) is 19.0. The number of aryl methyl sites for hydroxylation is 1. The van der Waals surface area contributed by atoms with Crippen molar-refractivity contribution >= 4 is 19.1 Å². The zero-order chi connectivity index (χ0) is 17.8. The van der Waals surface area contributed by atoms with Crippen molar-refractivity contribution in [3.63, 3.8) is 0 Å². The molecular weight excluding hydrogens is 308 g/mol. The molecule has 1 nitrogen and oxygen atoms in total. The van der Waals surface area contributed by atoms with Gasteiger partial charge in [-0.25, -0.2) is 0 Å². The number of hydrogen-bond donors (Lipinski definition) is 0. The van der Waals surface area contributed by atoms with Crippen molar-refractivity contribution in [1.82, 2.24) is 0 Å². The van der Waals surface area contributed by atoms with Gasteiger partial charge in [0.15, 0.2) is 0 Å². The van der Waals surface area contributed by atoms with Gasteiger partial charge in [-0.2, -0.15) is 0 Å². The summed E-state index contributed by atoms with van der Waals surface area (Å²) < 4.78 is 6.69. The summed E-state index contributed by atoms with van der Waals surface area (Å²) in [6.07, 6.45) is 6.37. The van der Waals surface area contributed by atoms with Crippen LogP contribution in [-0.4, -0.2) is 8.32 Å². The quantitative estimate of drug-likeness (QED) is 0.377. The molecule has 0 bridgehead atoms. The van der Waals surface area contributed by atoms with Gasteiger partial charge in [0.25, 0.3) is 8.32 Å². The topological polar surface area (TPSA) is 9.23 Å². The predicted octanol–water partition coefficient (Wildman–Crippen LogP) is 7.35. The Kier molecular flexibility index (Phi) is 6.14. The van der Waals surface area contributed by atoms with E-state index in [1.54, 1.807) is 0 Å². The lowest BCUT2D eigenvalue weighted by atomic mass is 10.0. The Balaban J connectivity index is 2.33. The van der Waals surface area contributed by atoms with Crippen molar-refractivity contribution in [3.05, 3.63) is 42.0 Å². The Morgan fingerprint density at radius 2 is 1.67 bits per heavy atom. The average Bonchev–Trinajstić information content (AvgIpc) is 2.50. The zero-order valence-electron chi connectivity index (χ0n) is 16.4. The Morgan fingerprint density at radius 3 is 2.33 bits per heavy atom. The van der Waals surface area contributed by atoms with Crippen LogP contribution in [-0.2, 0) is 6.42 Å². The van der Waals surface area contributed by atoms with Crippen LogP contribution in [0.2, 0.25) is 18.1 Å². The van der Waals surface area contributed by atoms with Crippen LogP contribution in [0.15, 0.2) is 36.4 Å². The van der Waals surface area contributed by atoms with Crippen LogP contribution >= 0.6 is 0 Å². The van der Waals surface area contributed by atoms with Crippen molar-refractivity contribution in [2.75, 3.05) is 0 Å². The Morgan fingerprint density at radius 1 is 0.958 bits per heavy atom. The molecule has 0 fully saturated rings. The van der Waals surface area contributed by atoms with Crippen LogP contribution in [0.4, 0.5) is 0 Å². The number of rotatable bonds is 7. The third kappa shape index (κ3) is 4.63. The predicted molar refractivity (Wildman–Crippen MR) is 110 cm³/mol.